The van der Waals surface area contributed by atoms with Crippen LogP contribution in [0, 0.1) is 13.8 Å². The molecule has 2 N–H and O–H groups in total. The third-order valence-electron chi connectivity index (χ3n) is 2.72. The quantitative estimate of drug-likeness (QED) is 0.919. The van der Waals surface area contributed by atoms with E-state index in [0.29, 0.717) is 6.54 Å². The van der Waals surface area contributed by atoms with E-state index in [1.165, 1.54) is 0 Å². The summed E-state index contributed by atoms with van der Waals surface area (Å²) in [6, 6.07) is 8.08. The highest BCUT2D eigenvalue weighted by molar-refractivity contribution is 9.10. The summed E-state index contributed by atoms with van der Waals surface area (Å²) in [6.45, 7) is 4.57. The number of aryl methyl sites for hydroxylation is 1. The van der Waals surface area contributed by atoms with Gasteiger partial charge in [-0.1, -0.05) is 15.9 Å². The molecule has 0 saturated carbocycles. The maximum absolute atomic E-state index is 5.71. The molecule has 0 bridgehead atoms. The second-order valence-electron chi connectivity index (χ2n) is 3.74. The summed E-state index contributed by atoms with van der Waals surface area (Å²) in [5.41, 5.74) is 10.0. The maximum Gasteiger partial charge on any atom is 0.0649 e. The fourth-order valence-corrected chi connectivity index (χ4v) is 2.07. The minimum atomic E-state index is 0.536. The van der Waals surface area contributed by atoms with Crippen molar-refractivity contribution in [3.63, 3.8) is 0 Å². The molecule has 0 fully saturated rings. The predicted molar refractivity (Wildman–Crippen MR) is 68.6 cm³/mol. The molecule has 0 aliphatic carbocycles. The van der Waals surface area contributed by atoms with Crippen molar-refractivity contribution in [3.8, 4) is 5.69 Å². The van der Waals surface area contributed by atoms with Gasteiger partial charge >= 0.3 is 0 Å². The Morgan fingerprint density at radius 3 is 2.38 bits per heavy atom. The predicted octanol–water partition coefficient (Wildman–Crippen LogP) is 2.71. The minimum Gasteiger partial charge on any atom is -0.326 e. The molecule has 0 atom stereocenters. The van der Waals surface area contributed by atoms with Crippen LogP contribution in [0.5, 0.6) is 0 Å². The Bertz CT molecular complexity index is 500. The van der Waals surface area contributed by atoms with Gasteiger partial charge in [0, 0.05) is 22.3 Å². The number of hydrogen-bond donors (Lipinski definition) is 1. The highest BCUT2D eigenvalue weighted by Gasteiger charge is 2.10. The molecular formula is C12H14BrN3. The molecule has 0 amide bonds. The Morgan fingerprint density at radius 1 is 1.25 bits per heavy atom. The summed E-state index contributed by atoms with van der Waals surface area (Å²) in [5.74, 6) is 0. The summed E-state index contributed by atoms with van der Waals surface area (Å²) >= 11 is 3.42. The van der Waals surface area contributed by atoms with E-state index in [0.717, 1.165) is 27.1 Å². The maximum atomic E-state index is 5.71. The molecule has 0 saturated heterocycles. The first kappa shape index (κ1) is 11.4. The average Bonchev–Trinajstić information content (AvgIpc) is 2.55. The van der Waals surface area contributed by atoms with Gasteiger partial charge in [0.25, 0.3) is 0 Å². The van der Waals surface area contributed by atoms with Crippen molar-refractivity contribution in [2.24, 2.45) is 5.73 Å². The Kier molecular flexibility index (Phi) is 3.12. The smallest absolute Gasteiger partial charge is 0.0649 e. The first-order chi connectivity index (χ1) is 7.63. The zero-order chi connectivity index (χ0) is 11.7. The molecule has 0 radical (unpaired) electrons. The van der Waals surface area contributed by atoms with E-state index in [1.807, 2.05) is 42.8 Å². The van der Waals surface area contributed by atoms with E-state index in [1.54, 1.807) is 0 Å². The van der Waals surface area contributed by atoms with Gasteiger partial charge in [0.05, 0.1) is 11.4 Å². The lowest BCUT2D eigenvalue weighted by atomic mass is 10.2. The van der Waals surface area contributed by atoms with Gasteiger partial charge < -0.3 is 5.73 Å². The van der Waals surface area contributed by atoms with Gasteiger partial charge in [0.15, 0.2) is 0 Å². The molecule has 1 aromatic heterocycles. The topological polar surface area (TPSA) is 43.8 Å². The molecule has 2 aromatic rings. The molecule has 0 unspecified atom stereocenters. The Hall–Kier alpha value is -1.13. The molecular weight excluding hydrogens is 266 g/mol. The van der Waals surface area contributed by atoms with Crippen molar-refractivity contribution in [1.29, 1.82) is 0 Å². The fourth-order valence-electron chi connectivity index (χ4n) is 1.80. The standard InChI is InChI=1S/C12H14BrN3/c1-8-12(7-14)9(2)16(15-8)11-5-3-10(13)4-6-11/h3-6H,7,14H2,1-2H3. The van der Waals surface area contributed by atoms with E-state index in [-0.39, 0.29) is 0 Å². The molecule has 1 aromatic carbocycles. The van der Waals surface area contributed by atoms with Crippen molar-refractivity contribution in [2.45, 2.75) is 20.4 Å². The first-order valence-corrected chi connectivity index (χ1v) is 5.94. The van der Waals surface area contributed by atoms with Crippen LogP contribution in [-0.4, -0.2) is 9.78 Å². The van der Waals surface area contributed by atoms with E-state index in [2.05, 4.69) is 21.0 Å². The van der Waals surface area contributed by atoms with Crippen molar-refractivity contribution >= 4 is 15.9 Å². The van der Waals surface area contributed by atoms with E-state index in [4.69, 9.17) is 5.73 Å². The second-order valence-corrected chi connectivity index (χ2v) is 4.66. The van der Waals surface area contributed by atoms with Gasteiger partial charge in [-0.3, -0.25) is 0 Å². The van der Waals surface area contributed by atoms with Crippen LogP contribution in [0.25, 0.3) is 5.69 Å². The summed E-state index contributed by atoms with van der Waals surface area (Å²) in [4.78, 5) is 0. The van der Waals surface area contributed by atoms with Crippen LogP contribution in [0.2, 0.25) is 0 Å². The Balaban J connectivity index is 2.52. The van der Waals surface area contributed by atoms with Crippen LogP contribution in [0.3, 0.4) is 0 Å². The molecule has 4 heteroatoms. The number of rotatable bonds is 2. The molecule has 84 valence electrons. The molecule has 2 rings (SSSR count). The Morgan fingerprint density at radius 2 is 1.88 bits per heavy atom. The van der Waals surface area contributed by atoms with Gasteiger partial charge in [-0.2, -0.15) is 5.10 Å². The number of benzene rings is 1. The van der Waals surface area contributed by atoms with Gasteiger partial charge in [0.2, 0.25) is 0 Å². The highest BCUT2D eigenvalue weighted by Crippen LogP contribution is 2.19. The SMILES string of the molecule is Cc1nn(-c2ccc(Br)cc2)c(C)c1CN. The third-order valence-corrected chi connectivity index (χ3v) is 3.25. The van der Waals surface area contributed by atoms with Crippen LogP contribution >= 0.6 is 15.9 Å². The molecule has 0 spiro atoms. The number of aromatic nitrogens is 2. The lowest BCUT2D eigenvalue weighted by Crippen LogP contribution is -2.01. The van der Waals surface area contributed by atoms with E-state index in [9.17, 15) is 0 Å². The van der Waals surface area contributed by atoms with Gasteiger partial charge in [-0.25, -0.2) is 4.68 Å². The number of hydrogen-bond acceptors (Lipinski definition) is 2. The van der Waals surface area contributed by atoms with Crippen molar-refractivity contribution in [1.82, 2.24) is 9.78 Å². The molecule has 0 aliphatic heterocycles. The van der Waals surface area contributed by atoms with Crippen LogP contribution < -0.4 is 5.73 Å². The van der Waals surface area contributed by atoms with Crippen molar-refractivity contribution < 1.29 is 0 Å². The fraction of sp³-hybridized carbons (Fsp3) is 0.250. The lowest BCUT2D eigenvalue weighted by molar-refractivity contribution is 0.832. The van der Waals surface area contributed by atoms with Crippen molar-refractivity contribution in [2.75, 3.05) is 0 Å². The first-order valence-electron chi connectivity index (χ1n) is 5.14. The zero-order valence-corrected chi connectivity index (χ0v) is 11.0. The number of nitrogens with two attached hydrogens (primary N) is 1. The average molecular weight is 280 g/mol. The van der Waals surface area contributed by atoms with Crippen LogP contribution in [0.1, 0.15) is 17.0 Å². The summed E-state index contributed by atoms with van der Waals surface area (Å²) in [7, 11) is 0. The summed E-state index contributed by atoms with van der Waals surface area (Å²) < 4.78 is 3.00. The van der Waals surface area contributed by atoms with Crippen LogP contribution in [0.15, 0.2) is 28.7 Å². The second kappa shape index (κ2) is 4.39. The summed E-state index contributed by atoms with van der Waals surface area (Å²) in [6.07, 6.45) is 0. The molecule has 0 aliphatic rings. The monoisotopic (exact) mass is 279 g/mol. The van der Waals surface area contributed by atoms with E-state index >= 15 is 0 Å². The van der Waals surface area contributed by atoms with Crippen LogP contribution in [-0.2, 0) is 6.54 Å². The highest BCUT2D eigenvalue weighted by atomic mass is 79.9. The largest absolute Gasteiger partial charge is 0.326 e. The minimum absolute atomic E-state index is 0.536. The van der Waals surface area contributed by atoms with Crippen molar-refractivity contribution in [3.05, 3.63) is 45.7 Å². The van der Waals surface area contributed by atoms with Gasteiger partial charge in [0.1, 0.15) is 0 Å². The van der Waals surface area contributed by atoms with Gasteiger partial charge in [-0.15, -0.1) is 0 Å². The zero-order valence-electron chi connectivity index (χ0n) is 9.37. The Labute approximate surface area is 103 Å². The number of nitrogens with zero attached hydrogens (tertiary/aromatic N) is 2. The van der Waals surface area contributed by atoms with E-state index < -0.39 is 0 Å². The molecule has 1 heterocycles. The third kappa shape index (κ3) is 1.90. The van der Waals surface area contributed by atoms with Crippen LogP contribution in [0.4, 0.5) is 0 Å². The van der Waals surface area contributed by atoms with Gasteiger partial charge in [-0.05, 0) is 38.1 Å². The number of halogens is 1. The molecule has 3 nitrogen and oxygen atoms in total. The summed E-state index contributed by atoms with van der Waals surface area (Å²) in [5, 5.41) is 4.50. The lowest BCUT2D eigenvalue weighted by Gasteiger charge is -2.04. The molecule has 16 heavy (non-hydrogen) atoms. The normalized spacial score (nSPS) is 10.8.